The number of aliphatic hydroxyl groups excluding tert-OH is 1. The van der Waals surface area contributed by atoms with Gasteiger partial charge in [0.1, 0.15) is 10.8 Å². The standard InChI is InChI=1S/C9H12ClNO2/c1-2-13-9-5-7(3-4-12)11-6-8(9)10/h5-6,12H,2-4H2,1H3. The average molecular weight is 202 g/mol. The number of aliphatic hydroxyl groups is 1. The lowest BCUT2D eigenvalue weighted by Gasteiger charge is -2.06. The molecule has 3 nitrogen and oxygen atoms in total. The van der Waals surface area contributed by atoms with Gasteiger partial charge in [-0.15, -0.1) is 0 Å². The first-order valence-corrected chi connectivity index (χ1v) is 4.53. The summed E-state index contributed by atoms with van der Waals surface area (Å²) in [6, 6.07) is 1.75. The first kappa shape index (κ1) is 10.3. The molecule has 1 heterocycles. The van der Waals surface area contributed by atoms with E-state index in [0.717, 1.165) is 5.69 Å². The van der Waals surface area contributed by atoms with Crippen molar-refractivity contribution in [2.24, 2.45) is 0 Å². The van der Waals surface area contributed by atoms with E-state index in [4.69, 9.17) is 21.4 Å². The molecule has 0 spiro atoms. The fraction of sp³-hybridized carbons (Fsp3) is 0.444. The van der Waals surface area contributed by atoms with E-state index >= 15 is 0 Å². The van der Waals surface area contributed by atoms with Gasteiger partial charge in [-0.25, -0.2) is 0 Å². The topological polar surface area (TPSA) is 42.4 Å². The molecule has 0 radical (unpaired) electrons. The van der Waals surface area contributed by atoms with Crippen molar-refractivity contribution >= 4 is 11.6 Å². The van der Waals surface area contributed by atoms with E-state index in [-0.39, 0.29) is 6.61 Å². The number of aromatic nitrogens is 1. The predicted octanol–water partition coefficient (Wildman–Crippen LogP) is 1.67. The zero-order chi connectivity index (χ0) is 9.68. The number of rotatable bonds is 4. The number of hydrogen-bond donors (Lipinski definition) is 1. The molecule has 0 saturated carbocycles. The molecule has 1 aromatic rings. The maximum absolute atomic E-state index is 8.70. The third-order valence-corrected chi connectivity index (χ3v) is 1.83. The number of nitrogens with zero attached hydrogens (tertiary/aromatic N) is 1. The van der Waals surface area contributed by atoms with Crippen LogP contribution in [-0.2, 0) is 6.42 Å². The van der Waals surface area contributed by atoms with Gasteiger partial charge in [-0.3, -0.25) is 4.98 Å². The highest BCUT2D eigenvalue weighted by Crippen LogP contribution is 2.23. The highest BCUT2D eigenvalue weighted by atomic mass is 35.5. The molecule has 72 valence electrons. The Morgan fingerprint density at radius 3 is 3.00 bits per heavy atom. The van der Waals surface area contributed by atoms with Crippen molar-refractivity contribution in [1.29, 1.82) is 0 Å². The van der Waals surface area contributed by atoms with Crippen molar-refractivity contribution in [3.05, 3.63) is 23.0 Å². The third-order valence-electron chi connectivity index (χ3n) is 1.54. The zero-order valence-electron chi connectivity index (χ0n) is 7.46. The Morgan fingerprint density at radius 2 is 2.38 bits per heavy atom. The summed E-state index contributed by atoms with van der Waals surface area (Å²) in [5.41, 5.74) is 0.787. The Bertz CT molecular complexity index is 278. The Balaban J connectivity index is 2.83. The van der Waals surface area contributed by atoms with Crippen LogP contribution in [0, 0.1) is 0 Å². The molecular formula is C9H12ClNO2. The zero-order valence-corrected chi connectivity index (χ0v) is 8.21. The SMILES string of the molecule is CCOc1cc(CCO)ncc1Cl. The molecule has 0 unspecified atom stereocenters. The van der Waals surface area contributed by atoms with Crippen LogP contribution in [0.15, 0.2) is 12.3 Å². The third kappa shape index (κ3) is 2.86. The van der Waals surface area contributed by atoms with Crippen LogP contribution >= 0.6 is 11.6 Å². The second-order valence-corrected chi connectivity index (χ2v) is 2.92. The number of halogens is 1. The van der Waals surface area contributed by atoms with Crippen LogP contribution in [0.4, 0.5) is 0 Å². The molecule has 0 fully saturated rings. The predicted molar refractivity (Wildman–Crippen MR) is 51.2 cm³/mol. The second-order valence-electron chi connectivity index (χ2n) is 2.51. The Hall–Kier alpha value is -0.800. The lowest BCUT2D eigenvalue weighted by molar-refractivity contribution is 0.297. The van der Waals surface area contributed by atoms with Crippen LogP contribution in [0.5, 0.6) is 5.75 Å². The van der Waals surface area contributed by atoms with Crippen LogP contribution in [0.25, 0.3) is 0 Å². The number of hydrogen-bond acceptors (Lipinski definition) is 3. The molecule has 1 rings (SSSR count). The maximum atomic E-state index is 8.70. The van der Waals surface area contributed by atoms with Gasteiger partial charge in [-0.1, -0.05) is 11.6 Å². The van der Waals surface area contributed by atoms with Crippen molar-refractivity contribution in [1.82, 2.24) is 4.98 Å². The minimum atomic E-state index is 0.0835. The van der Waals surface area contributed by atoms with Gasteiger partial charge in [0.25, 0.3) is 0 Å². The van der Waals surface area contributed by atoms with E-state index in [1.54, 1.807) is 6.07 Å². The normalized spacial score (nSPS) is 10.1. The molecule has 4 heteroatoms. The lowest BCUT2D eigenvalue weighted by Crippen LogP contribution is -1.98. The van der Waals surface area contributed by atoms with Crippen LogP contribution < -0.4 is 4.74 Å². The minimum absolute atomic E-state index is 0.0835. The number of ether oxygens (including phenoxy) is 1. The van der Waals surface area contributed by atoms with Crippen molar-refractivity contribution < 1.29 is 9.84 Å². The number of pyridine rings is 1. The van der Waals surface area contributed by atoms with Gasteiger partial charge in [0.2, 0.25) is 0 Å². The van der Waals surface area contributed by atoms with Crippen molar-refractivity contribution in [3.8, 4) is 5.75 Å². The minimum Gasteiger partial charge on any atom is -0.492 e. The molecule has 0 amide bonds. The van der Waals surface area contributed by atoms with Crippen molar-refractivity contribution in [2.75, 3.05) is 13.2 Å². The summed E-state index contributed by atoms with van der Waals surface area (Å²) in [6.07, 6.45) is 2.06. The Labute approximate surface area is 82.3 Å². The first-order chi connectivity index (χ1) is 6.27. The molecule has 0 aromatic carbocycles. The molecule has 0 aliphatic carbocycles. The molecule has 0 aliphatic heterocycles. The van der Waals surface area contributed by atoms with Crippen LogP contribution in [0.2, 0.25) is 5.02 Å². The van der Waals surface area contributed by atoms with Gasteiger partial charge in [-0.2, -0.15) is 0 Å². The Kier molecular flexibility index (Phi) is 3.99. The molecule has 0 atom stereocenters. The van der Waals surface area contributed by atoms with Gasteiger partial charge in [0, 0.05) is 31.0 Å². The summed E-state index contributed by atoms with van der Waals surface area (Å²) in [6.45, 7) is 2.55. The van der Waals surface area contributed by atoms with Gasteiger partial charge >= 0.3 is 0 Å². The largest absolute Gasteiger partial charge is 0.492 e. The summed E-state index contributed by atoms with van der Waals surface area (Å²) >= 11 is 5.83. The maximum Gasteiger partial charge on any atom is 0.141 e. The average Bonchev–Trinajstić information content (AvgIpc) is 2.12. The molecule has 0 aliphatic rings. The summed E-state index contributed by atoms with van der Waals surface area (Å²) in [7, 11) is 0. The van der Waals surface area contributed by atoms with E-state index in [9.17, 15) is 0 Å². The molecule has 0 bridgehead atoms. The summed E-state index contributed by atoms with van der Waals surface area (Å²) in [5.74, 6) is 0.627. The van der Waals surface area contributed by atoms with E-state index < -0.39 is 0 Å². The highest BCUT2D eigenvalue weighted by Gasteiger charge is 2.03. The van der Waals surface area contributed by atoms with Gasteiger partial charge < -0.3 is 9.84 Å². The van der Waals surface area contributed by atoms with Crippen LogP contribution in [0.3, 0.4) is 0 Å². The molecule has 1 N–H and O–H groups in total. The Morgan fingerprint density at radius 1 is 1.62 bits per heavy atom. The van der Waals surface area contributed by atoms with Crippen molar-refractivity contribution in [2.45, 2.75) is 13.3 Å². The molecule has 0 saturated heterocycles. The quantitative estimate of drug-likeness (QED) is 0.806. The fourth-order valence-electron chi connectivity index (χ4n) is 0.978. The summed E-state index contributed by atoms with van der Waals surface area (Å²) < 4.78 is 5.27. The van der Waals surface area contributed by atoms with Gasteiger partial charge in [-0.05, 0) is 6.92 Å². The van der Waals surface area contributed by atoms with Gasteiger partial charge in [0.05, 0.1) is 6.61 Å². The summed E-state index contributed by atoms with van der Waals surface area (Å²) in [4.78, 5) is 4.04. The van der Waals surface area contributed by atoms with E-state index in [1.165, 1.54) is 6.20 Å². The van der Waals surface area contributed by atoms with E-state index in [0.29, 0.717) is 23.8 Å². The van der Waals surface area contributed by atoms with E-state index in [1.807, 2.05) is 6.92 Å². The lowest BCUT2D eigenvalue weighted by atomic mass is 10.3. The molecular weight excluding hydrogens is 190 g/mol. The second kappa shape index (κ2) is 5.04. The smallest absolute Gasteiger partial charge is 0.141 e. The monoisotopic (exact) mass is 201 g/mol. The van der Waals surface area contributed by atoms with E-state index in [2.05, 4.69) is 4.98 Å². The van der Waals surface area contributed by atoms with Crippen LogP contribution in [-0.4, -0.2) is 23.3 Å². The molecule has 13 heavy (non-hydrogen) atoms. The van der Waals surface area contributed by atoms with Crippen LogP contribution in [0.1, 0.15) is 12.6 Å². The van der Waals surface area contributed by atoms with Crippen molar-refractivity contribution in [3.63, 3.8) is 0 Å². The molecule has 1 aromatic heterocycles. The highest BCUT2D eigenvalue weighted by molar-refractivity contribution is 6.31. The van der Waals surface area contributed by atoms with Gasteiger partial charge in [0.15, 0.2) is 0 Å². The fourth-order valence-corrected chi connectivity index (χ4v) is 1.14. The first-order valence-electron chi connectivity index (χ1n) is 4.16. The summed E-state index contributed by atoms with van der Waals surface area (Å²) in [5, 5.41) is 9.20.